The van der Waals surface area contributed by atoms with Crippen molar-refractivity contribution in [3.8, 4) is 5.75 Å². The van der Waals surface area contributed by atoms with Crippen LogP contribution in [0, 0.1) is 20.8 Å². The molecule has 3 aromatic rings. The van der Waals surface area contributed by atoms with Gasteiger partial charge in [-0.3, -0.25) is 0 Å². The normalized spacial score (nSPS) is 11.8. The smallest absolute Gasteiger partial charge is 0.264 e. The van der Waals surface area contributed by atoms with Crippen LogP contribution in [-0.4, -0.2) is 36.5 Å². The largest absolute Gasteiger partial charge is 0.484 e. The highest BCUT2D eigenvalue weighted by molar-refractivity contribution is 7.89. The van der Waals surface area contributed by atoms with Gasteiger partial charge in [0.1, 0.15) is 5.75 Å². The first-order chi connectivity index (χ1) is 13.7. The molecule has 0 amide bonds. The maximum Gasteiger partial charge on any atom is 0.264 e. The van der Waals surface area contributed by atoms with Crippen LogP contribution < -0.4 is 4.74 Å². The van der Waals surface area contributed by atoms with Crippen molar-refractivity contribution in [2.75, 3.05) is 13.6 Å². The molecule has 0 saturated carbocycles. The number of ether oxygens (including phenoxy) is 1. The van der Waals surface area contributed by atoms with E-state index < -0.39 is 10.0 Å². The number of likely N-dealkylation sites (N-methyl/N-ethyl adjacent to an activating group) is 1. The molecule has 1 heterocycles. The highest BCUT2D eigenvalue weighted by atomic mass is 32.2. The van der Waals surface area contributed by atoms with E-state index in [-0.39, 0.29) is 18.0 Å². The van der Waals surface area contributed by atoms with Crippen molar-refractivity contribution in [1.29, 1.82) is 0 Å². The molecular weight excluding hydrogens is 390 g/mol. The van der Waals surface area contributed by atoms with Crippen LogP contribution in [0.25, 0.3) is 0 Å². The van der Waals surface area contributed by atoms with Gasteiger partial charge in [-0.05, 0) is 61.7 Å². The Labute approximate surface area is 171 Å². The Kier molecular flexibility index (Phi) is 6.34. The van der Waals surface area contributed by atoms with Crippen LogP contribution in [0.15, 0.2) is 51.9 Å². The van der Waals surface area contributed by atoms with Crippen LogP contribution in [0.4, 0.5) is 0 Å². The Balaban J connectivity index is 1.58. The van der Waals surface area contributed by atoms with Gasteiger partial charge in [-0.1, -0.05) is 23.4 Å². The summed E-state index contributed by atoms with van der Waals surface area (Å²) in [5.74, 6) is 1.51. The minimum Gasteiger partial charge on any atom is -0.484 e. The number of hydrogen-bond donors (Lipinski definition) is 0. The van der Waals surface area contributed by atoms with E-state index >= 15 is 0 Å². The SMILES string of the molecule is Cc1cccc(OCc2nc(CCN(C)S(=O)(=O)c3cc(C)cc(C)c3)no2)c1. The fraction of sp³-hybridized carbons (Fsp3) is 0.333. The second-order valence-electron chi connectivity index (χ2n) is 7.11. The number of aromatic nitrogens is 2. The number of benzene rings is 2. The second kappa shape index (κ2) is 8.75. The molecule has 0 unspecified atom stereocenters. The van der Waals surface area contributed by atoms with Crippen molar-refractivity contribution in [2.45, 2.75) is 38.7 Å². The Hall–Kier alpha value is -2.71. The van der Waals surface area contributed by atoms with Gasteiger partial charge >= 0.3 is 0 Å². The molecule has 29 heavy (non-hydrogen) atoms. The Bertz CT molecular complexity index is 1070. The highest BCUT2D eigenvalue weighted by Crippen LogP contribution is 2.18. The first-order valence-electron chi connectivity index (χ1n) is 9.29. The molecule has 8 heteroatoms. The van der Waals surface area contributed by atoms with Crippen molar-refractivity contribution in [3.63, 3.8) is 0 Å². The van der Waals surface area contributed by atoms with E-state index in [1.54, 1.807) is 19.2 Å². The van der Waals surface area contributed by atoms with Crippen LogP contribution in [0.5, 0.6) is 5.75 Å². The third kappa shape index (κ3) is 5.42. The molecule has 0 spiro atoms. The van der Waals surface area contributed by atoms with E-state index in [1.807, 2.05) is 51.1 Å². The Morgan fingerprint density at radius 1 is 1.03 bits per heavy atom. The molecule has 0 fully saturated rings. The van der Waals surface area contributed by atoms with E-state index in [2.05, 4.69) is 10.1 Å². The molecule has 0 N–H and O–H groups in total. The van der Waals surface area contributed by atoms with Gasteiger partial charge in [-0.2, -0.15) is 4.98 Å². The van der Waals surface area contributed by atoms with Gasteiger partial charge in [0.25, 0.3) is 5.89 Å². The van der Waals surface area contributed by atoms with E-state index in [1.165, 1.54) is 4.31 Å². The lowest BCUT2D eigenvalue weighted by molar-refractivity contribution is 0.242. The molecule has 1 aromatic heterocycles. The average Bonchev–Trinajstić information content (AvgIpc) is 3.11. The van der Waals surface area contributed by atoms with Crippen LogP contribution in [0.2, 0.25) is 0 Å². The summed E-state index contributed by atoms with van der Waals surface area (Å²) in [6, 6.07) is 13.0. The monoisotopic (exact) mass is 415 g/mol. The van der Waals surface area contributed by atoms with Crippen molar-refractivity contribution in [3.05, 3.63) is 70.9 Å². The zero-order valence-corrected chi connectivity index (χ0v) is 17.9. The number of sulfonamides is 1. The number of nitrogens with zero attached hydrogens (tertiary/aromatic N) is 3. The molecule has 0 atom stereocenters. The number of hydrogen-bond acceptors (Lipinski definition) is 6. The zero-order chi connectivity index (χ0) is 21.0. The van der Waals surface area contributed by atoms with Gasteiger partial charge < -0.3 is 9.26 Å². The zero-order valence-electron chi connectivity index (χ0n) is 17.0. The average molecular weight is 416 g/mol. The summed E-state index contributed by atoms with van der Waals surface area (Å²) in [6.07, 6.45) is 0.342. The van der Waals surface area contributed by atoms with Crippen LogP contribution in [0.3, 0.4) is 0 Å². The molecule has 3 rings (SSSR count). The predicted octanol–water partition coefficient (Wildman–Crippen LogP) is 3.44. The summed E-state index contributed by atoms with van der Waals surface area (Å²) >= 11 is 0. The minimum atomic E-state index is -3.58. The minimum absolute atomic E-state index is 0.160. The van der Waals surface area contributed by atoms with Crippen molar-refractivity contribution in [2.24, 2.45) is 0 Å². The predicted molar refractivity (Wildman–Crippen MR) is 109 cm³/mol. The van der Waals surface area contributed by atoms with E-state index in [4.69, 9.17) is 9.26 Å². The van der Waals surface area contributed by atoms with Gasteiger partial charge in [0.2, 0.25) is 10.0 Å². The fourth-order valence-electron chi connectivity index (χ4n) is 2.94. The molecular formula is C21H25N3O4S. The van der Waals surface area contributed by atoms with Gasteiger partial charge in [0.15, 0.2) is 12.4 Å². The molecule has 0 aliphatic heterocycles. The summed E-state index contributed by atoms with van der Waals surface area (Å²) < 4.78 is 37.7. The maximum atomic E-state index is 12.8. The second-order valence-corrected chi connectivity index (χ2v) is 9.15. The van der Waals surface area contributed by atoms with Gasteiger partial charge in [-0.25, -0.2) is 12.7 Å². The molecule has 0 aliphatic carbocycles. The molecule has 154 valence electrons. The van der Waals surface area contributed by atoms with Crippen LogP contribution in [0.1, 0.15) is 28.4 Å². The highest BCUT2D eigenvalue weighted by Gasteiger charge is 2.22. The topological polar surface area (TPSA) is 85.5 Å². The van der Waals surface area contributed by atoms with E-state index in [9.17, 15) is 8.42 Å². The fourth-order valence-corrected chi connectivity index (χ4v) is 4.30. The van der Waals surface area contributed by atoms with Crippen molar-refractivity contribution < 1.29 is 17.7 Å². The van der Waals surface area contributed by atoms with E-state index in [0.29, 0.717) is 18.1 Å². The van der Waals surface area contributed by atoms with Gasteiger partial charge in [0, 0.05) is 20.0 Å². The first-order valence-corrected chi connectivity index (χ1v) is 10.7. The lowest BCUT2D eigenvalue weighted by Gasteiger charge is -2.17. The first kappa shape index (κ1) is 21.0. The van der Waals surface area contributed by atoms with Gasteiger partial charge in [0.05, 0.1) is 4.90 Å². The molecule has 0 radical (unpaired) electrons. The maximum absolute atomic E-state index is 12.8. The molecule has 2 aromatic carbocycles. The lowest BCUT2D eigenvalue weighted by atomic mass is 10.2. The number of rotatable bonds is 8. The van der Waals surface area contributed by atoms with Gasteiger partial charge in [-0.15, -0.1) is 0 Å². The van der Waals surface area contributed by atoms with Crippen LogP contribution in [-0.2, 0) is 23.1 Å². The Morgan fingerprint density at radius 3 is 2.45 bits per heavy atom. The Morgan fingerprint density at radius 2 is 1.76 bits per heavy atom. The number of aryl methyl sites for hydroxylation is 3. The third-order valence-corrected chi connectivity index (χ3v) is 6.25. The third-order valence-electron chi connectivity index (χ3n) is 4.42. The molecule has 0 aliphatic rings. The summed E-state index contributed by atoms with van der Waals surface area (Å²) in [5.41, 5.74) is 2.92. The van der Waals surface area contributed by atoms with E-state index in [0.717, 1.165) is 22.4 Å². The van der Waals surface area contributed by atoms with Crippen molar-refractivity contribution in [1.82, 2.24) is 14.4 Å². The van der Waals surface area contributed by atoms with Crippen LogP contribution >= 0.6 is 0 Å². The van der Waals surface area contributed by atoms with Crippen molar-refractivity contribution >= 4 is 10.0 Å². The standard InChI is InChI=1S/C21H25N3O4S/c1-15-6-5-7-18(11-15)27-14-21-22-20(23-28-21)8-9-24(4)29(25,26)19-12-16(2)10-17(3)13-19/h5-7,10-13H,8-9,14H2,1-4H3. The summed E-state index contributed by atoms with van der Waals surface area (Å²) in [4.78, 5) is 4.57. The quantitative estimate of drug-likeness (QED) is 0.560. The summed E-state index contributed by atoms with van der Waals surface area (Å²) in [7, 11) is -2.02. The summed E-state index contributed by atoms with van der Waals surface area (Å²) in [6.45, 7) is 6.15. The molecule has 7 nitrogen and oxygen atoms in total. The molecule has 0 saturated heterocycles. The molecule has 0 bridgehead atoms. The lowest BCUT2D eigenvalue weighted by Crippen LogP contribution is -2.29. The summed E-state index contributed by atoms with van der Waals surface area (Å²) in [5, 5.41) is 3.91.